The summed E-state index contributed by atoms with van der Waals surface area (Å²) in [5, 5.41) is 12.8. The highest BCUT2D eigenvalue weighted by atomic mass is 32.2. The summed E-state index contributed by atoms with van der Waals surface area (Å²) in [4.78, 5) is 11.2. The van der Waals surface area contributed by atoms with E-state index in [0.717, 1.165) is 5.56 Å². The molecule has 6 nitrogen and oxygen atoms in total. The highest BCUT2D eigenvalue weighted by Gasteiger charge is 2.32. The Morgan fingerprint density at radius 1 is 1.20 bits per heavy atom. The summed E-state index contributed by atoms with van der Waals surface area (Å²) >= 11 is 0. The minimum atomic E-state index is -3.75. The van der Waals surface area contributed by atoms with E-state index >= 15 is 0 Å². The molecule has 1 amide bonds. The van der Waals surface area contributed by atoms with Crippen LogP contribution in [0.1, 0.15) is 30.6 Å². The molecule has 25 heavy (non-hydrogen) atoms. The minimum Gasteiger partial charge on any atom is -0.388 e. The molecule has 132 valence electrons. The molecular weight excluding hydrogens is 340 g/mol. The van der Waals surface area contributed by atoms with Crippen LogP contribution in [0.15, 0.2) is 47.4 Å². The fraction of sp³-hybridized carbons (Fsp3) is 0.278. The number of rotatable bonds is 3. The Bertz CT molecular complexity index is 907. The van der Waals surface area contributed by atoms with Gasteiger partial charge in [0.1, 0.15) is 0 Å². The molecule has 0 aliphatic carbocycles. The van der Waals surface area contributed by atoms with Crippen molar-refractivity contribution in [2.24, 2.45) is 0 Å². The van der Waals surface area contributed by atoms with Gasteiger partial charge < -0.3 is 10.4 Å². The van der Waals surface area contributed by atoms with Crippen molar-refractivity contribution in [2.45, 2.75) is 31.3 Å². The SMILES string of the molecule is CC(=O)Nc1ccc(S(=O)(=O)N2CCC(O)c3cc(C)ccc32)cc1. The van der Waals surface area contributed by atoms with Crippen LogP contribution in [0.3, 0.4) is 0 Å². The van der Waals surface area contributed by atoms with Gasteiger partial charge in [-0.2, -0.15) is 0 Å². The number of fused-ring (bicyclic) bond motifs is 1. The molecule has 0 saturated heterocycles. The third kappa shape index (κ3) is 3.38. The first-order valence-corrected chi connectivity index (χ1v) is 9.42. The number of nitrogens with one attached hydrogen (secondary N) is 1. The summed E-state index contributed by atoms with van der Waals surface area (Å²) in [5.41, 5.74) is 2.65. The summed E-state index contributed by atoms with van der Waals surface area (Å²) < 4.78 is 27.4. The summed E-state index contributed by atoms with van der Waals surface area (Å²) in [6.07, 6.45) is -0.317. The molecule has 1 aliphatic rings. The minimum absolute atomic E-state index is 0.143. The van der Waals surface area contributed by atoms with Crippen LogP contribution >= 0.6 is 0 Å². The van der Waals surface area contributed by atoms with E-state index in [4.69, 9.17) is 0 Å². The lowest BCUT2D eigenvalue weighted by molar-refractivity contribution is -0.114. The van der Waals surface area contributed by atoms with Gasteiger partial charge in [0.05, 0.1) is 16.7 Å². The Morgan fingerprint density at radius 2 is 1.88 bits per heavy atom. The number of nitrogens with zero attached hydrogens (tertiary/aromatic N) is 1. The van der Waals surface area contributed by atoms with Crippen LogP contribution in [-0.4, -0.2) is 26.0 Å². The quantitative estimate of drug-likeness (QED) is 0.881. The summed E-state index contributed by atoms with van der Waals surface area (Å²) in [6.45, 7) is 3.51. The fourth-order valence-corrected chi connectivity index (χ4v) is 4.48. The third-order valence-electron chi connectivity index (χ3n) is 4.18. The van der Waals surface area contributed by atoms with Gasteiger partial charge in [-0.3, -0.25) is 9.10 Å². The van der Waals surface area contributed by atoms with E-state index < -0.39 is 16.1 Å². The number of carbonyl (C=O) groups excluding carboxylic acids is 1. The molecule has 3 rings (SSSR count). The number of hydrogen-bond acceptors (Lipinski definition) is 4. The topological polar surface area (TPSA) is 86.7 Å². The van der Waals surface area contributed by atoms with Crippen molar-refractivity contribution in [2.75, 3.05) is 16.2 Å². The van der Waals surface area contributed by atoms with Crippen LogP contribution in [0.5, 0.6) is 0 Å². The van der Waals surface area contributed by atoms with Gasteiger partial charge in [0.2, 0.25) is 5.91 Å². The van der Waals surface area contributed by atoms with Crippen molar-refractivity contribution in [3.05, 3.63) is 53.6 Å². The third-order valence-corrected chi connectivity index (χ3v) is 6.01. The van der Waals surface area contributed by atoms with Crippen LogP contribution in [0.4, 0.5) is 11.4 Å². The van der Waals surface area contributed by atoms with Crippen molar-refractivity contribution in [1.82, 2.24) is 0 Å². The molecule has 0 aromatic heterocycles. The maximum atomic E-state index is 13.0. The van der Waals surface area contributed by atoms with E-state index in [9.17, 15) is 18.3 Å². The molecule has 7 heteroatoms. The second-order valence-corrected chi connectivity index (χ2v) is 8.01. The molecule has 2 N–H and O–H groups in total. The zero-order valence-electron chi connectivity index (χ0n) is 14.1. The predicted octanol–water partition coefficient (Wildman–Crippen LogP) is 2.59. The number of hydrogen-bond donors (Lipinski definition) is 2. The molecular formula is C18H20N2O4S. The van der Waals surface area contributed by atoms with E-state index in [1.807, 2.05) is 19.1 Å². The van der Waals surface area contributed by atoms with Crippen molar-refractivity contribution < 1.29 is 18.3 Å². The normalized spacial score (nSPS) is 17.1. The van der Waals surface area contributed by atoms with Crippen LogP contribution in [-0.2, 0) is 14.8 Å². The Kier molecular flexibility index (Phi) is 4.53. The Morgan fingerprint density at radius 3 is 2.52 bits per heavy atom. The van der Waals surface area contributed by atoms with Gasteiger partial charge in [-0.1, -0.05) is 17.7 Å². The Labute approximate surface area is 147 Å². The summed E-state index contributed by atoms with van der Waals surface area (Å²) in [6, 6.07) is 11.4. The maximum absolute atomic E-state index is 13.0. The molecule has 2 aromatic rings. The van der Waals surface area contributed by atoms with Gasteiger partial charge in [-0.05, 0) is 43.7 Å². The van der Waals surface area contributed by atoms with Crippen molar-refractivity contribution in [1.29, 1.82) is 0 Å². The molecule has 1 heterocycles. The Hall–Kier alpha value is -2.38. The molecule has 0 saturated carbocycles. The van der Waals surface area contributed by atoms with Crippen LogP contribution in [0, 0.1) is 6.92 Å². The zero-order valence-corrected chi connectivity index (χ0v) is 14.9. The van der Waals surface area contributed by atoms with E-state index in [1.54, 1.807) is 18.2 Å². The number of amides is 1. The van der Waals surface area contributed by atoms with Gasteiger partial charge in [0, 0.05) is 24.7 Å². The number of benzene rings is 2. The highest BCUT2D eigenvalue weighted by Crippen LogP contribution is 2.37. The standard InChI is InChI=1S/C18H20N2O4S/c1-12-3-8-17-16(11-12)18(22)9-10-20(17)25(23,24)15-6-4-14(5-7-15)19-13(2)21/h3-8,11,18,22H,9-10H2,1-2H3,(H,19,21). The van der Waals surface area contributed by atoms with Gasteiger partial charge >= 0.3 is 0 Å². The number of carbonyl (C=O) groups is 1. The second kappa shape index (κ2) is 6.50. The highest BCUT2D eigenvalue weighted by molar-refractivity contribution is 7.92. The van der Waals surface area contributed by atoms with Crippen LogP contribution < -0.4 is 9.62 Å². The first-order chi connectivity index (χ1) is 11.8. The average molecular weight is 360 g/mol. The maximum Gasteiger partial charge on any atom is 0.264 e. The number of aliphatic hydroxyl groups is 1. The molecule has 0 spiro atoms. The molecule has 0 fully saturated rings. The van der Waals surface area contributed by atoms with Gasteiger partial charge in [-0.25, -0.2) is 8.42 Å². The molecule has 1 aliphatic heterocycles. The summed E-state index contributed by atoms with van der Waals surface area (Å²) in [7, 11) is -3.75. The fourth-order valence-electron chi connectivity index (χ4n) is 2.97. The van der Waals surface area contributed by atoms with Gasteiger partial charge in [0.15, 0.2) is 0 Å². The number of aryl methyl sites for hydroxylation is 1. The van der Waals surface area contributed by atoms with Gasteiger partial charge in [-0.15, -0.1) is 0 Å². The molecule has 2 aromatic carbocycles. The van der Waals surface area contributed by atoms with E-state index in [-0.39, 0.29) is 17.3 Å². The first-order valence-electron chi connectivity index (χ1n) is 7.98. The van der Waals surface area contributed by atoms with Crippen molar-refractivity contribution in [3.63, 3.8) is 0 Å². The number of aliphatic hydroxyl groups excluding tert-OH is 1. The molecule has 1 unspecified atom stereocenters. The van der Waals surface area contributed by atoms with Crippen LogP contribution in [0.2, 0.25) is 0 Å². The van der Waals surface area contributed by atoms with Crippen molar-refractivity contribution >= 4 is 27.3 Å². The number of anilines is 2. The first kappa shape index (κ1) is 17.4. The Balaban J connectivity index is 1.98. The zero-order chi connectivity index (χ0) is 18.2. The van der Waals surface area contributed by atoms with E-state index in [1.165, 1.54) is 23.4 Å². The second-order valence-electron chi connectivity index (χ2n) is 6.15. The van der Waals surface area contributed by atoms with Crippen molar-refractivity contribution in [3.8, 4) is 0 Å². The molecule has 0 radical (unpaired) electrons. The number of sulfonamides is 1. The molecule has 1 atom stereocenters. The van der Waals surface area contributed by atoms with E-state index in [0.29, 0.717) is 23.4 Å². The smallest absolute Gasteiger partial charge is 0.264 e. The lowest BCUT2D eigenvalue weighted by Crippen LogP contribution is -2.36. The lowest BCUT2D eigenvalue weighted by Gasteiger charge is -2.33. The molecule has 0 bridgehead atoms. The summed E-state index contributed by atoms with van der Waals surface area (Å²) in [5.74, 6) is -0.218. The average Bonchev–Trinajstić information content (AvgIpc) is 2.55. The van der Waals surface area contributed by atoms with Crippen LogP contribution in [0.25, 0.3) is 0 Å². The largest absolute Gasteiger partial charge is 0.388 e. The monoisotopic (exact) mass is 360 g/mol. The lowest BCUT2D eigenvalue weighted by atomic mass is 9.99. The van der Waals surface area contributed by atoms with Gasteiger partial charge in [0.25, 0.3) is 10.0 Å². The predicted molar refractivity (Wildman–Crippen MR) is 96.0 cm³/mol. The van der Waals surface area contributed by atoms with E-state index in [2.05, 4.69) is 5.32 Å².